The number of thioether (sulfide) groups is 1. The van der Waals surface area contributed by atoms with Gasteiger partial charge in [-0.1, -0.05) is 54.2 Å². The maximum atomic E-state index is 13.2. The minimum absolute atomic E-state index is 0.127. The number of ether oxygens (including phenoxy) is 1. The predicted octanol–water partition coefficient (Wildman–Crippen LogP) is 5.98. The van der Waals surface area contributed by atoms with Gasteiger partial charge < -0.3 is 10.1 Å². The highest BCUT2D eigenvalue weighted by molar-refractivity contribution is 8.00. The van der Waals surface area contributed by atoms with Gasteiger partial charge in [-0.25, -0.2) is 9.97 Å². The van der Waals surface area contributed by atoms with Crippen LogP contribution in [0, 0.1) is 0 Å². The van der Waals surface area contributed by atoms with E-state index in [4.69, 9.17) is 9.72 Å². The molecule has 0 spiro atoms. The number of rotatable bonds is 7. The van der Waals surface area contributed by atoms with Crippen LogP contribution in [0.2, 0.25) is 0 Å². The molecule has 4 aromatic rings. The molecule has 5 nitrogen and oxygen atoms in total. The maximum Gasteiger partial charge on any atom is 0.418 e. The lowest BCUT2D eigenvalue weighted by atomic mass is 10.1. The third-order valence-corrected chi connectivity index (χ3v) is 6.01. The van der Waals surface area contributed by atoms with Crippen LogP contribution >= 0.6 is 11.8 Å². The van der Waals surface area contributed by atoms with Crippen LogP contribution in [-0.2, 0) is 17.4 Å². The number of carbonyl (C=O) groups is 1. The molecule has 9 heteroatoms. The van der Waals surface area contributed by atoms with E-state index in [1.54, 1.807) is 7.11 Å². The molecule has 0 bridgehead atoms. The average molecular weight is 484 g/mol. The minimum atomic E-state index is -4.57. The Bertz CT molecular complexity index is 1330. The second-order valence-electron chi connectivity index (χ2n) is 7.33. The van der Waals surface area contributed by atoms with Gasteiger partial charge in [-0.15, -0.1) is 0 Å². The predicted molar refractivity (Wildman–Crippen MR) is 126 cm³/mol. The maximum absolute atomic E-state index is 13.2. The molecule has 0 fully saturated rings. The molecule has 0 saturated carbocycles. The quantitative estimate of drug-likeness (QED) is 0.328. The Hall–Kier alpha value is -3.59. The number of para-hydroxylation sites is 4. The zero-order valence-corrected chi connectivity index (χ0v) is 18.9. The van der Waals surface area contributed by atoms with Crippen molar-refractivity contribution >= 4 is 34.4 Å². The summed E-state index contributed by atoms with van der Waals surface area (Å²) >= 11 is 1.13. The van der Waals surface area contributed by atoms with Crippen LogP contribution in [0.25, 0.3) is 11.0 Å². The van der Waals surface area contributed by atoms with Gasteiger partial charge in [0.1, 0.15) is 10.8 Å². The number of hydrogen-bond acceptors (Lipinski definition) is 5. The number of nitrogens with one attached hydrogen (secondary N) is 1. The molecule has 0 radical (unpaired) electrons. The number of benzene rings is 3. The van der Waals surface area contributed by atoms with E-state index in [9.17, 15) is 18.0 Å². The first-order chi connectivity index (χ1) is 16.3. The molecule has 0 aliphatic heterocycles. The molecule has 0 unspecified atom stereocenters. The fourth-order valence-corrected chi connectivity index (χ4v) is 4.23. The molecule has 0 aliphatic carbocycles. The average Bonchev–Trinajstić information content (AvgIpc) is 2.82. The number of anilines is 1. The molecule has 0 atom stereocenters. The van der Waals surface area contributed by atoms with Crippen LogP contribution in [0.5, 0.6) is 5.75 Å². The Balaban J connectivity index is 1.58. The molecular formula is C25H20F3N3O2S. The highest BCUT2D eigenvalue weighted by atomic mass is 32.2. The fourth-order valence-electron chi connectivity index (χ4n) is 3.44. The second-order valence-corrected chi connectivity index (χ2v) is 8.30. The summed E-state index contributed by atoms with van der Waals surface area (Å²) in [7, 11) is 1.59. The van der Waals surface area contributed by atoms with Gasteiger partial charge in [0.05, 0.1) is 40.8 Å². The number of nitrogens with zero attached hydrogens (tertiary/aromatic N) is 2. The lowest BCUT2D eigenvalue weighted by Gasteiger charge is -2.14. The molecule has 4 rings (SSSR count). The smallest absolute Gasteiger partial charge is 0.418 e. The summed E-state index contributed by atoms with van der Waals surface area (Å²) in [5.74, 6) is 0.00723. The lowest BCUT2D eigenvalue weighted by Crippen LogP contribution is -2.18. The number of aromatic nitrogens is 2. The Morgan fingerprint density at radius 1 is 0.941 bits per heavy atom. The molecule has 1 amide bonds. The minimum Gasteiger partial charge on any atom is -0.496 e. The Morgan fingerprint density at radius 2 is 1.59 bits per heavy atom. The molecule has 1 aromatic heterocycles. The second kappa shape index (κ2) is 10.1. The molecule has 34 heavy (non-hydrogen) atoms. The first-order valence-electron chi connectivity index (χ1n) is 10.3. The third-order valence-electron chi connectivity index (χ3n) is 5.00. The Kier molecular flexibility index (Phi) is 7.02. The zero-order valence-electron chi connectivity index (χ0n) is 18.1. The third kappa shape index (κ3) is 5.48. The zero-order chi connectivity index (χ0) is 24.1. The first kappa shape index (κ1) is 23.6. The van der Waals surface area contributed by atoms with Gasteiger partial charge in [0.15, 0.2) is 0 Å². The first-order valence-corrected chi connectivity index (χ1v) is 11.3. The number of hydrogen-bond donors (Lipinski definition) is 1. The molecule has 1 N–H and O–H groups in total. The van der Waals surface area contributed by atoms with Crippen LogP contribution < -0.4 is 10.1 Å². The van der Waals surface area contributed by atoms with E-state index >= 15 is 0 Å². The van der Waals surface area contributed by atoms with Crippen molar-refractivity contribution in [2.75, 3.05) is 18.2 Å². The van der Waals surface area contributed by atoms with E-state index in [1.807, 2.05) is 48.5 Å². The number of alkyl halides is 3. The molecule has 0 saturated heterocycles. The van der Waals surface area contributed by atoms with Crippen LogP contribution in [0.4, 0.5) is 18.9 Å². The van der Waals surface area contributed by atoms with E-state index in [2.05, 4.69) is 10.3 Å². The lowest BCUT2D eigenvalue weighted by molar-refractivity contribution is -0.137. The van der Waals surface area contributed by atoms with Crippen LogP contribution in [0.3, 0.4) is 0 Å². The Labute approximate surface area is 198 Å². The highest BCUT2D eigenvalue weighted by Gasteiger charge is 2.33. The van der Waals surface area contributed by atoms with Crippen LogP contribution in [0.1, 0.15) is 16.8 Å². The van der Waals surface area contributed by atoms with Gasteiger partial charge in [-0.2, -0.15) is 13.2 Å². The van der Waals surface area contributed by atoms with Gasteiger partial charge in [-0.05, 0) is 30.3 Å². The van der Waals surface area contributed by atoms with Crippen molar-refractivity contribution in [3.05, 3.63) is 89.6 Å². The van der Waals surface area contributed by atoms with Gasteiger partial charge in [0, 0.05) is 12.0 Å². The normalized spacial score (nSPS) is 11.4. The van der Waals surface area contributed by atoms with Gasteiger partial charge in [0.25, 0.3) is 0 Å². The monoisotopic (exact) mass is 483 g/mol. The van der Waals surface area contributed by atoms with Crippen molar-refractivity contribution in [2.24, 2.45) is 0 Å². The van der Waals surface area contributed by atoms with E-state index in [0.717, 1.165) is 23.4 Å². The number of methoxy groups -OCH3 is 1. The molecular weight excluding hydrogens is 463 g/mol. The summed E-state index contributed by atoms with van der Waals surface area (Å²) in [6.45, 7) is 0. The van der Waals surface area contributed by atoms with Crippen molar-refractivity contribution in [2.45, 2.75) is 17.6 Å². The standard InChI is InChI=1S/C25H20F3N3O2S/c1-33-22-13-7-2-8-16(22)14-21-24(31-20-12-6-5-11-19(20)29-21)34-15-23(32)30-18-10-4-3-9-17(18)25(26,27)28/h2-13H,14-15H2,1H3,(H,30,32). The van der Waals surface area contributed by atoms with Crippen molar-refractivity contribution < 1.29 is 22.7 Å². The summed E-state index contributed by atoms with van der Waals surface area (Å²) in [6, 6.07) is 19.8. The highest BCUT2D eigenvalue weighted by Crippen LogP contribution is 2.35. The molecule has 1 heterocycles. The summed E-state index contributed by atoms with van der Waals surface area (Å²) in [5, 5.41) is 2.90. The molecule has 174 valence electrons. The van der Waals surface area contributed by atoms with Crippen molar-refractivity contribution in [1.29, 1.82) is 0 Å². The van der Waals surface area contributed by atoms with E-state index in [0.29, 0.717) is 33.9 Å². The van der Waals surface area contributed by atoms with E-state index < -0.39 is 17.6 Å². The summed E-state index contributed by atoms with van der Waals surface area (Å²) in [6.07, 6.45) is -4.15. The fraction of sp³-hybridized carbons (Fsp3) is 0.160. The van der Waals surface area contributed by atoms with Crippen LogP contribution in [-0.4, -0.2) is 28.7 Å². The summed E-state index contributed by atoms with van der Waals surface area (Å²) < 4.78 is 45.1. The number of amides is 1. The Morgan fingerprint density at radius 3 is 2.32 bits per heavy atom. The molecule has 0 aliphatic rings. The summed E-state index contributed by atoms with van der Waals surface area (Å²) in [5.41, 5.74) is 1.75. The summed E-state index contributed by atoms with van der Waals surface area (Å²) in [4.78, 5) is 21.9. The van der Waals surface area contributed by atoms with Gasteiger partial charge in [0.2, 0.25) is 5.91 Å². The van der Waals surface area contributed by atoms with Gasteiger partial charge >= 0.3 is 6.18 Å². The van der Waals surface area contributed by atoms with E-state index in [-0.39, 0.29) is 11.4 Å². The van der Waals surface area contributed by atoms with Gasteiger partial charge in [-0.3, -0.25) is 4.79 Å². The topological polar surface area (TPSA) is 64.1 Å². The number of carbonyl (C=O) groups excluding carboxylic acids is 1. The SMILES string of the molecule is COc1ccccc1Cc1nc2ccccc2nc1SCC(=O)Nc1ccccc1C(F)(F)F. The number of fused-ring (bicyclic) bond motifs is 1. The van der Waals surface area contributed by atoms with Crippen molar-refractivity contribution in [1.82, 2.24) is 9.97 Å². The van der Waals surface area contributed by atoms with E-state index in [1.165, 1.54) is 18.2 Å². The number of halogens is 3. The molecule has 3 aromatic carbocycles. The van der Waals surface area contributed by atoms with Crippen molar-refractivity contribution in [3.63, 3.8) is 0 Å². The largest absolute Gasteiger partial charge is 0.496 e. The van der Waals surface area contributed by atoms with Crippen LogP contribution in [0.15, 0.2) is 77.8 Å². The van der Waals surface area contributed by atoms with Crippen molar-refractivity contribution in [3.8, 4) is 5.75 Å².